The molecule has 0 aliphatic heterocycles. The Bertz CT molecular complexity index is 616. The predicted molar refractivity (Wildman–Crippen MR) is 84.0 cm³/mol. The van der Waals surface area contributed by atoms with Crippen molar-refractivity contribution in [1.29, 1.82) is 0 Å². The van der Waals surface area contributed by atoms with Crippen LogP contribution in [0.3, 0.4) is 0 Å². The van der Waals surface area contributed by atoms with Gasteiger partial charge in [0, 0.05) is 12.1 Å². The smallest absolute Gasteiger partial charge is 0.162 e. The summed E-state index contributed by atoms with van der Waals surface area (Å²) in [6, 6.07) is 10.6. The maximum absolute atomic E-state index is 10.1. The van der Waals surface area contributed by atoms with Gasteiger partial charge in [0.1, 0.15) is 0 Å². The van der Waals surface area contributed by atoms with E-state index in [1.54, 1.807) is 24.3 Å². The zero-order valence-electron chi connectivity index (χ0n) is 11.8. The minimum atomic E-state index is -0.0447. The van der Waals surface area contributed by atoms with E-state index in [0.717, 1.165) is 5.56 Å². The minimum absolute atomic E-state index is 0.0447. The molecule has 0 atom stereocenters. The molecule has 3 N–H and O–H groups in total. The van der Waals surface area contributed by atoms with Crippen LogP contribution in [-0.4, -0.2) is 16.8 Å². The Hall–Kier alpha value is -1.91. The first-order chi connectivity index (χ1) is 10.2. The van der Waals surface area contributed by atoms with Gasteiger partial charge in [-0.25, -0.2) is 0 Å². The molecule has 5 heteroatoms. The van der Waals surface area contributed by atoms with Crippen LogP contribution in [0.5, 0.6) is 11.5 Å². The number of hydrogen-bond donors (Lipinski definition) is 3. The number of nitrogens with one attached hydrogen (secondary N) is 1. The van der Waals surface area contributed by atoms with Crippen LogP contribution in [0.25, 0.3) is 0 Å². The third kappa shape index (κ3) is 3.80. The van der Waals surface area contributed by atoms with Gasteiger partial charge in [0.2, 0.25) is 0 Å². The number of anilines is 1. The van der Waals surface area contributed by atoms with E-state index < -0.39 is 0 Å². The number of hydrogen-bond acceptors (Lipinski definition) is 4. The lowest BCUT2D eigenvalue weighted by Gasteiger charge is -2.13. The highest BCUT2D eigenvalue weighted by Crippen LogP contribution is 2.31. The van der Waals surface area contributed by atoms with Gasteiger partial charge in [-0.1, -0.05) is 29.8 Å². The van der Waals surface area contributed by atoms with Crippen molar-refractivity contribution in [3.63, 3.8) is 0 Å². The molecule has 0 radical (unpaired) electrons. The molecule has 0 aliphatic carbocycles. The maximum atomic E-state index is 10.1. The lowest BCUT2D eigenvalue weighted by Crippen LogP contribution is -2.02. The number of para-hydroxylation sites is 1. The molecule has 0 saturated carbocycles. The number of ether oxygens (including phenoxy) is 1. The molecule has 112 valence electrons. The number of halogens is 1. The van der Waals surface area contributed by atoms with E-state index >= 15 is 0 Å². The molecule has 0 aliphatic rings. The SMILES string of the molecule is CCOc1cccc(CNc2cc(CO)ccc2Cl)c1O. The van der Waals surface area contributed by atoms with Crippen LogP contribution in [0.1, 0.15) is 18.1 Å². The highest BCUT2D eigenvalue weighted by atomic mass is 35.5. The minimum Gasteiger partial charge on any atom is -0.504 e. The fraction of sp³-hybridized carbons (Fsp3) is 0.250. The standard InChI is InChI=1S/C16H18ClNO3/c1-2-21-15-5-3-4-12(16(15)20)9-18-14-8-11(10-19)6-7-13(14)17/h3-8,18-20H,2,9-10H2,1H3. The van der Waals surface area contributed by atoms with Gasteiger partial charge in [0.15, 0.2) is 11.5 Å². The summed E-state index contributed by atoms with van der Waals surface area (Å²) in [5, 5.41) is 23.0. The molecule has 0 saturated heterocycles. The maximum Gasteiger partial charge on any atom is 0.162 e. The molecule has 0 bridgehead atoms. The number of aliphatic hydroxyl groups is 1. The van der Waals surface area contributed by atoms with Crippen LogP contribution in [-0.2, 0) is 13.2 Å². The highest BCUT2D eigenvalue weighted by Gasteiger charge is 2.08. The van der Waals surface area contributed by atoms with Crippen LogP contribution < -0.4 is 10.1 Å². The summed E-state index contributed by atoms with van der Waals surface area (Å²) in [5.74, 6) is 0.591. The summed E-state index contributed by atoms with van der Waals surface area (Å²) in [5.41, 5.74) is 2.20. The summed E-state index contributed by atoms with van der Waals surface area (Å²) in [7, 11) is 0. The summed E-state index contributed by atoms with van der Waals surface area (Å²) in [6.07, 6.45) is 0. The van der Waals surface area contributed by atoms with Crippen LogP contribution in [0.15, 0.2) is 36.4 Å². The van der Waals surface area contributed by atoms with Gasteiger partial charge in [0.05, 0.1) is 23.9 Å². The van der Waals surface area contributed by atoms with E-state index in [1.807, 2.05) is 19.1 Å². The van der Waals surface area contributed by atoms with Crippen molar-refractivity contribution in [2.24, 2.45) is 0 Å². The largest absolute Gasteiger partial charge is 0.504 e. The lowest BCUT2D eigenvalue weighted by atomic mass is 10.1. The zero-order chi connectivity index (χ0) is 15.2. The number of benzene rings is 2. The molecule has 0 fully saturated rings. The Morgan fingerprint density at radius 2 is 2.05 bits per heavy atom. The second-order valence-electron chi connectivity index (χ2n) is 4.52. The third-order valence-corrected chi connectivity index (χ3v) is 3.39. The monoisotopic (exact) mass is 307 g/mol. The molecule has 0 aromatic heterocycles. The van der Waals surface area contributed by atoms with E-state index in [-0.39, 0.29) is 12.4 Å². The number of phenolic OH excluding ortho intramolecular Hbond substituents is 1. The van der Waals surface area contributed by atoms with Crippen molar-refractivity contribution in [3.05, 3.63) is 52.5 Å². The first-order valence-corrected chi connectivity index (χ1v) is 7.10. The molecule has 2 aromatic rings. The van der Waals surface area contributed by atoms with Crippen LogP contribution in [0.4, 0.5) is 5.69 Å². The molecule has 4 nitrogen and oxygen atoms in total. The van der Waals surface area contributed by atoms with Gasteiger partial charge in [-0.05, 0) is 30.7 Å². The Labute approximate surface area is 129 Å². The summed E-state index contributed by atoms with van der Waals surface area (Å²) in [4.78, 5) is 0. The highest BCUT2D eigenvalue weighted by molar-refractivity contribution is 6.33. The lowest BCUT2D eigenvalue weighted by molar-refractivity contribution is 0.282. The molecule has 0 spiro atoms. The molecular weight excluding hydrogens is 290 g/mol. The topological polar surface area (TPSA) is 61.7 Å². The molecular formula is C16H18ClNO3. The Kier molecular flexibility index (Phi) is 5.31. The van der Waals surface area contributed by atoms with E-state index in [2.05, 4.69) is 5.32 Å². The Morgan fingerprint density at radius 3 is 2.76 bits per heavy atom. The molecule has 0 heterocycles. The van der Waals surface area contributed by atoms with E-state index in [0.29, 0.717) is 35.2 Å². The molecule has 0 unspecified atom stereocenters. The second-order valence-corrected chi connectivity index (χ2v) is 4.93. The molecule has 0 amide bonds. The first-order valence-electron chi connectivity index (χ1n) is 6.72. The second kappa shape index (κ2) is 7.20. The van der Waals surface area contributed by atoms with Crippen LogP contribution in [0, 0.1) is 0 Å². The zero-order valence-corrected chi connectivity index (χ0v) is 12.5. The van der Waals surface area contributed by atoms with Gasteiger partial charge in [-0.15, -0.1) is 0 Å². The van der Waals surface area contributed by atoms with Crippen molar-refractivity contribution in [2.75, 3.05) is 11.9 Å². The quantitative estimate of drug-likeness (QED) is 0.764. The summed E-state index contributed by atoms with van der Waals surface area (Å²) in [6.45, 7) is 2.72. The Morgan fingerprint density at radius 1 is 1.24 bits per heavy atom. The number of aliphatic hydroxyl groups excluding tert-OH is 1. The van der Waals surface area contributed by atoms with Crippen LogP contribution >= 0.6 is 11.6 Å². The van der Waals surface area contributed by atoms with Gasteiger partial charge in [-0.3, -0.25) is 0 Å². The van der Waals surface area contributed by atoms with Crippen molar-refractivity contribution in [1.82, 2.24) is 0 Å². The van der Waals surface area contributed by atoms with Crippen molar-refractivity contribution >= 4 is 17.3 Å². The average Bonchev–Trinajstić information content (AvgIpc) is 2.50. The van der Waals surface area contributed by atoms with Gasteiger partial charge in [0.25, 0.3) is 0 Å². The van der Waals surface area contributed by atoms with Crippen molar-refractivity contribution in [3.8, 4) is 11.5 Å². The van der Waals surface area contributed by atoms with E-state index in [9.17, 15) is 5.11 Å². The van der Waals surface area contributed by atoms with Crippen LogP contribution in [0.2, 0.25) is 5.02 Å². The van der Waals surface area contributed by atoms with Crippen molar-refractivity contribution in [2.45, 2.75) is 20.1 Å². The summed E-state index contributed by atoms with van der Waals surface area (Å²) < 4.78 is 5.35. The Balaban J connectivity index is 2.15. The summed E-state index contributed by atoms with van der Waals surface area (Å²) >= 11 is 6.11. The normalized spacial score (nSPS) is 10.4. The van der Waals surface area contributed by atoms with E-state index in [4.69, 9.17) is 21.4 Å². The number of aromatic hydroxyl groups is 1. The number of phenols is 1. The molecule has 2 rings (SSSR count). The predicted octanol–water partition coefficient (Wildman–Crippen LogP) is 3.55. The number of rotatable bonds is 6. The molecule has 2 aromatic carbocycles. The van der Waals surface area contributed by atoms with Gasteiger partial charge < -0.3 is 20.3 Å². The van der Waals surface area contributed by atoms with E-state index in [1.165, 1.54) is 0 Å². The fourth-order valence-corrected chi connectivity index (χ4v) is 2.16. The third-order valence-electron chi connectivity index (χ3n) is 3.07. The van der Waals surface area contributed by atoms with Gasteiger partial charge in [-0.2, -0.15) is 0 Å². The van der Waals surface area contributed by atoms with Gasteiger partial charge >= 0.3 is 0 Å². The molecule has 21 heavy (non-hydrogen) atoms. The first kappa shape index (κ1) is 15.5. The van der Waals surface area contributed by atoms with Crippen molar-refractivity contribution < 1.29 is 14.9 Å². The average molecular weight is 308 g/mol. The fourth-order valence-electron chi connectivity index (χ4n) is 1.98.